The molecule has 2 aromatic heterocycles. The monoisotopic (exact) mass is 357 g/mol. The van der Waals surface area contributed by atoms with Crippen molar-refractivity contribution in [2.75, 3.05) is 11.4 Å². The first-order chi connectivity index (χ1) is 11.9. The number of rotatable bonds is 5. The number of carboxylic acid groups (broad SMARTS) is 1. The Morgan fingerprint density at radius 3 is 2.56 bits per heavy atom. The van der Waals surface area contributed by atoms with Gasteiger partial charge in [0.25, 0.3) is 5.91 Å². The highest BCUT2D eigenvalue weighted by atomic mass is 32.1. The molecule has 0 atom stereocenters. The summed E-state index contributed by atoms with van der Waals surface area (Å²) in [4.78, 5) is 26.9. The molecule has 2 heterocycles. The van der Waals surface area contributed by atoms with Crippen LogP contribution in [0.1, 0.15) is 35.1 Å². The molecule has 0 saturated heterocycles. The van der Waals surface area contributed by atoms with Gasteiger partial charge in [-0.2, -0.15) is 5.10 Å². The third kappa shape index (κ3) is 3.28. The zero-order valence-corrected chi connectivity index (χ0v) is 15.1. The van der Waals surface area contributed by atoms with Gasteiger partial charge in [0, 0.05) is 18.1 Å². The predicted molar refractivity (Wildman–Crippen MR) is 98.4 cm³/mol. The quantitative estimate of drug-likeness (QED) is 0.758. The number of aromatic nitrogens is 2. The first kappa shape index (κ1) is 17.2. The van der Waals surface area contributed by atoms with Crippen LogP contribution >= 0.6 is 11.3 Å². The van der Waals surface area contributed by atoms with Gasteiger partial charge in [-0.1, -0.05) is 32.0 Å². The molecule has 3 aromatic rings. The topological polar surface area (TPSA) is 75.4 Å². The fraction of sp³-hybridized carbons (Fsp3) is 0.278. The molecule has 0 saturated carbocycles. The van der Waals surface area contributed by atoms with Crippen molar-refractivity contribution < 1.29 is 14.7 Å². The minimum atomic E-state index is -1.05. The van der Waals surface area contributed by atoms with Gasteiger partial charge in [0.05, 0.1) is 10.6 Å². The van der Waals surface area contributed by atoms with Gasteiger partial charge >= 0.3 is 5.97 Å². The van der Waals surface area contributed by atoms with E-state index in [-0.39, 0.29) is 18.4 Å². The second-order valence-corrected chi connectivity index (χ2v) is 7.14. The van der Waals surface area contributed by atoms with Gasteiger partial charge in [0.2, 0.25) is 0 Å². The maximum Gasteiger partial charge on any atom is 0.323 e. The van der Waals surface area contributed by atoms with Crippen LogP contribution < -0.4 is 4.90 Å². The lowest BCUT2D eigenvalue weighted by molar-refractivity contribution is -0.135. The van der Waals surface area contributed by atoms with Gasteiger partial charge in [-0.3, -0.25) is 19.2 Å². The molecule has 25 heavy (non-hydrogen) atoms. The Bertz CT molecular complexity index is 928. The molecule has 1 N–H and O–H groups in total. The van der Waals surface area contributed by atoms with Crippen molar-refractivity contribution in [1.29, 1.82) is 0 Å². The summed E-state index contributed by atoms with van der Waals surface area (Å²) in [5, 5.41) is 14.7. The van der Waals surface area contributed by atoms with Crippen LogP contribution in [-0.4, -0.2) is 33.3 Å². The van der Waals surface area contributed by atoms with Crippen molar-refractivity contribution in [3.05, 3.63) is 47.0 Å². The summed E-state index contributed by atoms with van der Waals surface area (Å²) in [5.41, 5.74) is 1.51. The molecule has 130 valence electrons. The van der Waals surface area contributed by atoms with Gasteiger partial charge < -0.3 is 5.11 Å². The number of para-hydroxylation sites is 1. The second kappa shape index (κ2) is 6.68. The number of aliphatic carboxylic acids is 1. The van der Waals surface area contributed by atoms with Crippen LogP contribution in [0, 0.1) is 0 Å². The molecule has 7 heteroatoms. The van der Waals surface area contributed by atoms with Crippen molar-refractivity contribution in [1.82, 2.24) is 9.78 Å². The Labute approximate surface area is 149 Å². The second-order valence-electron chi connectivity index (χ2n) is 6.11. The molecule has 0 bridgehead atoms. The van der Waals surface area contributed by atoms with E-state index >= 15 is 0 Å². The molecule has 1 aromatic carbocycles. The van der Waals surface area contributed by atoms with E-state index in [1.807, 2.05) is 19.2 Å². The van der Waals surface area contributed by atoms with E-state index in [2.05, 4.69) is 18.9 Å². The van der Waals surface area contributed by atoms with Gasteiger partial charge in [0.1, 0.15) is 11.4 Å². The molecule has 0 radical (unpaired) electrons. The van der Waals surface area contributed by atoms with Crippen LogP contribution in [0.3, 0.4) is 0 Å². The number of aryl methyl sites for hydroxylation is 1. The third-order valence-electron chi connectivity index (χ3n) is 3.90. The summed E-state index contributed by atoms with van der Waals surface area (Å²) < 4.78 is 1.77. The number of hydrogen-bond donors (Lipinski definition) is 1. The summed E-state index contributed by atoms with van der Waals surface area (Å²) in [6.45, 7) is 3.73. The first-order valence-electron chi connectivity index (χ1n) is 7.93. The smallest absolute Gasteiger partial charge is 0.323 e. The van der Waals surface area contributed by atoms with Gasteiger partial charge in [-0.25, -0.2) is 0 Å². The fourth-order valence-corrected chi connectivity index (χ4v) is 3.78. The minimum absolute atomic E-state index is 0.241. The summed E-state index contributed by atoms with van der Waals surface area (Å²) in [7, 11) is 1.85. The number of thiophene rings is 1. The van der Waals surface area contributed by atoms with Crippen LogP contribution in [0.5, 0.6) is 0 Å². The molecule has 0 spiro atoms. The molecule has 0 unspecified atom stereocenters. The molecular formula is C18H19N3O3S. The molecule has 0 fully saturated rings. The summed E-state index contributed by atoms with van der Waals surface area (Å²) in [6, 6.07) is 10.7. The number of anilines is 1. The maximum atomic E-state index is 13.0. The molecular weight excluding hydrogens is 338 g/mol. The molecule has 6 nitrogen and oxygen atoms in total. The van der Waals surface area contributed by atoms with Gasteiger partial charge in [-0.15, -0.1) is 11.3 Å². The van der Waals surface area contributed by atoms with Crippen molar-refractivity contribution in [2.45, 2.75) is 19.8 Å². The maximum absolute atomic E-state index is 13.0. The van der Waals surface area contributed by atoms with Crippen molar-refractivity contribution in [2.24, 2.45) is 7.05 Å². The average Bonchev–Trinajstić information content (AvgIpc) is 3.13. The lowest BCUT2D eigenvalue weighted by Gasteiger charge is -2.20. The Kier molecular flexibility index (Phi) is 4.59. The minimum Gasteiger partial charge on any atom is -0.480 e. The highest BCUT2D eigenvalue weighted by Gasteiger charge is 2.24. The fourth-order valence-electron chi connectivity index (χ4n) is 2.75. The molecule has 1 amide bonds. The van der Waals surface area contributed by atoms with E-state index < -0.39 is 5.97 Å². The largest absolute Gasteiger partial charge is 0.480 e. The van der Waals surface area contributed by atoms with Crippen LogP contribution in [0.25, 0.3) is 10.2 Å². The highest BCUT2D eigenvalue weighted by molar-refractivity contribution is 7.20. The molecule has 0 aliphatic rings. The number of nitrogens with zero attached hydrogens (tertiary/aromatic N) is 3. The number of fused-ring (bicyclic) bond motifs is 1. The van der Waals surface area contributed by atoms with E-state index in [1.165, 1.54) is 16.2 Å². The molecule has 3 rings (SSSR count). The summed E-state index contributed by atoms with van der Waals surface area (Å²) >= 11 is 1.34. The predicted octanol–water partition coefficient (Wildman–Crippen LogP) is 3.49. The van der Waals surface area contributed by atoms with Crippen LogP contribution in [0.15, 0.2) is 36.4 Å². The number of benzene rings is 1. The van der Waals surface area contributed by atoms with E-state index in [1.54, 1.807) is 28.9 Å². The standard InChI is InChI=1S/C18H19N3O3S/c1-11(2)16-13-9-14(25-18(13)20(3)19-16)17(24)21(10-15(22)23)12-7-5-4-6-8-12/h4-9,11H,10H2,1-3H3,(H,22,23). The number of carbonyl (C=O) groups is 2. The Hall–Kier alpha value is -2.67. The van der Waals surface area contributed by atoms with Crippen molar-refractivity contribution in [3.63, 3.8) is 0 Å². The average molecular weight is 357 g/mol. The van der Waals surface area contributed by atoms with Crippen LogP contribution in [-0.2, 0) is 11.8 Å². The van der Waals surface area contributed by atoms with Gasteiger partial charge in [-0.05, 0) is 24.1 Å². The number of amides is 1. The SMILES string of the molecule is CC(C)c1nn(C)c2sc(C(=O)N(CC(=O)O)c3ccccc3)cc12. The zero-order valence-electron chi connectivity index (χ0n) is 14.3. The van der Waals surface area contributed by atoms with E-state index in [4.69, 9.17) is 0 Å². The number of hydrogen-bond acceptors (Lipinski definition) is 4. The molecule has 0 aliphatic heterocycles. The third-order valence-corrected chi connectivity index (χ3v) is 5.09. The van der Waals surface area contributed by atoms with Crippen molar-refractivity contribution in [3.8, 4) is 0 Å². The summed E-state index contributed by atoms with van der Waals surface area (Å²) in [6.07, 6.45) is 0. The normalized spacial score (nSPS) is 11.2. The van der Waals surface area contributed by atoms with Crippen molar-refractivity contribution >= 4 is 39.1 Å². The Morgan fingerprint density at radius 2 is 1.96 bits per heavy atom. The summed E-state index contributed by atoms with van der Waals surface area (Å²) in [5.74, 6) is -1.13. The molecule has 0 aliphatic carbocycles. The van der Waals surface area contributed by atoms with Gasteiger partial charge in [0.15, 0.2) is 0 Å². The Balaban J connectivity index is 2.04. The lowest BCUT2D eigenvalue weighted by atomic mass is 10.1. The van der Waals surface area contributed by atoms with E-state index in [9.17, 15) is 14.7 Å². The Morgan fingerprint density at radius 1 is 1.28 bits per heavy atom. The first-order valence-corrected chi connectivity index (χ1v) is 8.75. The highest BCUT2D eigenvalue weighted by Crippen LogP contribution is 2.32. The van der Waals surface area contributed by atoms with Crippen LogP contribution in [0.4, 0.5) is 5.69 Å². The van der Waals surface area contributed by atoms with E-state index in [0.29, 0.717) is 10.6 Å². The number of carboxylic acids is 1. The zero-order chi connectivity index (χ0) is 18.1. The number of carbonyl (C=O) groups excluding carboxylic acids is 1. The van der Waals surface area contributed by atoms with E-state index in [0.717, 1.165) is 15.9 Å². The van der Waals surface area contributed by atoms with Crippen LogP contribution in [0.2, 0.25) is 0 Å². The lowest BCUT2D eigenvalue weighted by Crippen LogP contribution is -2.35.